The van der Waals surface area contributed by atoms with Crippen LogP contribution in [0.15, 0.2) is 35.5 Å². The van der Waals surface area contributed by atoms with E-state index in [4.69, 9.17) is 18.9 Å². The number of carbonyl (C=O) groups is 4. The molecule has 3 aliphatic heterocycles. The van der Waals surface area contributed by atoms with E-state index >= 15 is 0 Å². The maximum Gasteiger partial charge on any atom is 0.344 e. The highest BCUT2D eigenvalue weighted by Crippen LogP contribution is 2.75. The van der Waals surface area contributed by atoms with Crippen LogP contribution in [0.2, 0.25) is 0 Å². The normalized spacial score (nSPS) is 46.6. The summed E-state index contributed by atoms with van der Waals surface area (Å²) in [4.78, 5) is 51.8. The van der Waals surface area contributed by atoms with E-state index in [0.29, 0.717) is 5.57 Å². The molecule has 3 heterocycles. The molecule has 2 bridgehead atoms. The Labute approximate surface area is 209 Å². The Kier molecular flexibility index (Phi) is 4.59. The molecular weight excluding hydrogens is 468 g/mol. The summed E-state index contributed by atoms with van der Waals surface area (Å²) in [5.74, 6) is -2.78. The van der Waals surface area contributed by atoms with E-state index in [-0.39, 0.29) is 18.4 Å². The molecule has 2 spiro atoms. The predicted molar refractivity (Wildman–Crippen MR) is 124 cm³/mol. The van der Waals surface area contributed by atoms with Gasteiger partial charge in [-0.1, -0.05) is 30.7 Å². The van der Waals surface area contributed by atoms with Gasteiger partial charge in [0.15, 0.2) is 0 Å². The van der Waals surface area contributed by atoms with Crippen molar-refractivity contribution < 1.29 is 43.2 Å². The molecule has 3 fully saturated rings. The van der Waals surface area contributed by atoms with Gasteiger partial charge in [0.05, 0.1) is 5.41 Å². The van der Waals surface area contributed by atoms with Crippen LogP contribution in [0.4, 0.5) is 0 Å². The molecular formula is C27H32O9. The highest BCUT2D eigenvalue weighted by atomic mass is 16.6. The van der Waals surface area contributed by atoms with E-state index in [0.717, 1.165) is 5.57 Å². The summed E-state index contributed by atoms with van der Waals surface area (Å²) in [5.41, 5.74) is -7.23. The van der Waals surface area contributed by atoms with Crippen molar-refractivity contribution in [2.75, 3.05) is 0 Å². The van der Waals surface area contributed by atoms with Crippen LogP contribution in [0.3, 0.4) is 0 Å². The SMILES string of the molecule is C=C1[C@]23C(=O)O[C@@H](C)[C@]2(O)C(=O)O[C@@]1(C)CC1=C(C)[C@@]2(C=CC(=O)OC2(C)C)[C@H](OC(C)=O)C[C@]13C. The topological polar surface area (TPSA) is 125 Å². The van der Waals surface area contributed by atoms with Gasteiger partial charge in [-0.2, -0.15) is 0 Å². The molecule has 0 aromatic carbocycles. The van der Waals surface area contributed by atoms with Gasteiger partial charge in [-0.25, -0.2) is 9.59 Å². The molecule has 5 rings (SSSR count). The van der Waals surface area contributed by atoms with Crippen LogP contribution in [-0.4, -0.2) is 58.0 Å². The Bertz CT molecular complexity index is 1230. The molecule has 2 aliphatic carbocycles. The van der Waals surface area contributed by atoms with E-state index in [9.17, 15) is 24.3 Å². The first-order chi connectivity index (χ1) is 16.5. The zero-order valence-electron chi connectivity index (χ0n) is 21.6. The van der Waals surface area contributed by atoms with Crippen LogP contribution in [0.25, 0.3) is 0 Å². The molecule has 7 atom stereocenters. The summed E-state index contributed by atoms with van der Waals surface area (Å²) < 4.78 is 23.1. The van der Waals surface area contributed by atoms with Crippen molar-refractivity contribution in [2.24, 2.45) is 16.2 Å². The second-order valence-corrected chi connectivity index (χ2v) is 11.7. The van der Waals surface area contributed by atoms with Crippen LogP contribution in [0.1, 0.15) is 61.3 Å². The number of aliphatic hydroxyl groups is 1. The van der Waals surface area contributed by atoms with Gasteiger partial charge in [0.25, 0.3) is 0 Å². The van der Waals surface area contributed by atoms with Gasteiger partial charge in [0.1, 0.15) is 28.8 Å². The summed E-state index contributed by atoms with van der Waals surface area (Å²) in [5, 5.41) is 12.0. The van der Waals surface area contributed by atoms with Gasteiger partial charge in [-0.05, 0) is 46.6 Å². The lowest BCUT2D eigenvalue weighted by Gasteiger charge is -2.67. The first-order valence-corrected chi connectivity index (χ1v) is 12.1. The van der Waals surface area contributed by atoms with Crippen LogP contribution < -0.4 is 0 Å². The van der Waals surface area contributed by atoms with Crippen molar-refractivity contribution in [2.45, 2.75) is 90.3 Å². The lowest BCUT2D eigenvalue weighted by Crippen LogP contribution is -2.76. The van der Waals surface area contributed by atoms with Crippen LogP contribution in [0, 0.1) is 16.2 Å². The lowest BCUT2D eigenvalue weighted by molar-refractivity contribution is -0.233. The third-order valence-electron chi connectivity index (χ3n) is 9.80. The minimum atomic E-state index is -2.34. The van der Waals surface area contributed by atoms with Gasteiger partial charge < -0.3 is 24.1 Å². The van der Waals surface area contributed by atoms with Crippen LogP contribution in [-0.2, 0) is 38.1 Å². The average Bonchev–Trinajstić information content (AvgIpc) is 2.94. The Morgan fingerprint density at radius 1 is 1.14 bits per heavy atom. The van der Waals surface area contributed by atoms with Crippen molar-refractivity contribution in [3.63, 3.8) is 0 Å². The monoisotopic (exact) mass is 500 g/mol. The standard InChI is InChI=1S/C27H32O9/c1-13-17-11-24(8)14(2)26(20(30)33-15(3)27(26,32)21(31)36-24)23(17,7)12-18(34-16(4)28)25(13)10-9-19(29)35-22(25,5)6/h9-10,15,18,32H,2,11-12H2,1,3-8H3/t15-,18+,23+,24-,25-,26+,27-/m0/s1. The number of rotatable bonds is 1. The number of esters is 4. The van der Waals surface area contributed by atoms with Crippen molar-refractivity contribution in [1.82, 2.24) is 0 Å². The Morgan fingerprint density at radius 2 is 1.78 bits per heavy atom. The summed E-state index contributed by atoms with van der Waals surface area (Å²) in [7, 11) is 0. The molecule has 5 aliphatic rings. The molecule has 0 amide bonds. The molecule has 0 aromatic rings. The average molecular weight is 501 g/mol. The number of carbonyl (C=O) groups excluding carboxylic acids is 4. The summed E-state index contributed by atoms with van der Waals surface area (Å²) in [6.45, 7) is 15.8. The van der Waals surface area contributed by atoms with E-state index < -0.39 is 69.1 Å². The molecule has 1 N–H and O–H groups in total. The molecule has 0 radical (unpaired) electrons. The van der Waals surface area contributed by atoms with Crippen molar-refractivity contribution in [3.8, 4) is 0 Å². The predicted octanol–water partition coefficient (Wildman–Crippen LogP) is 2.46. The molecule has 1 saturated carbocycles. The Morgan fingerprint density at radius 3 is 2.36 bits per heavy atom. The summed E-state index contributed by atoms with van der Waals surface area (Å²) >= 11 is 0. The van der Waals surface area contributed by atoms with E-state index in [2.05, 4.69) is 6.58 Å². The Hall–Kier alpha value is -2.94. The van der Waals surface area contributed by atoms with Crippen molar-refractivity contribution >= 4 is 23.9 Å². The van der Waals surface area contributed by atoms with Gasteiger partial charge in [0.2, 0.25) is 5.60 Å². The molecule has 9 nitrogen and oxygen atoms in total. The number of ether oxygens (including phenoxy) is 4. The third kappa shape index (κ3) is 2.32. The largest absolute Gasteiger partial charge is 0.461 e. The highest BCUT2D eigenvalue weighted by molar-refractivity contribution is 6.01. The van der Waals surface area contributed by atoms with E-state index in [1.54, 1.807) is 33.8 Å². The second kappa shape index (κ2) is 6.68. The van der Waals surface area contributed by atoms with E-state index in [1.807, 2.05) is 6.92 Å². The summed E-state index contributed by atoms with van der Waals surface area (Å²) in [6.07, 6.45) is 1.18. The molecule has 2 saturated heterocycles. The smallest absolute Gasteiger partial charge is 0.344 e. The first-order valence-electron chi connectivity index (χ1n) is 12.1. The minimum absolute atomic E-state index is 0.0388. The third-order valence-corrected chi connectivity index (χ3v) is 9.80. The number of cyclic esters (lactones) is 2. The molecule has 0 aromatic heterocycles. The number of fused-ring (bicyclic) bond motifs is 2. The Balaban J connectivity index is 1.90. The zero-order chi connectivity index (χ0) is 26.9. The quantitative estimate of drug-likeness (QED) is 0.328. The lowest BCUT2D eigenvalue weighted by atomic mass is 9.38. The molecule has 194 valence electrons. The van der Waals surface area contributed by atoms with Crippen LogP contribution >= 0.6 is 0 Å². The van der Waals surface area contributed by atoms with Gasteiger partial charge in [-0.15, -0.1) is 0 Å². The maximum absolute atomic E-state index is 13.8. The minimum Gasteiger partial charge on any atom is -0.461 e. The number of hydrogen-bond donors (Lipinski definition) is 1. The van der Waals surface area contributed by atoms with Gasteiger partial charge in [-0.3, -0.25) is 9.59 Å². The molecule has 0 unspecified atom stereocenters. The fourth-order valence-electron chi connectivity index (χ4n) is 8.11. The number of hydrogen-bond acceptors (Lipinski definition) is 9. The molecule has 9 heteroatoms. The van der Waals surface area contributed by atoms with Gasteiger partial charge >= 0.3 is 23.9 Å². The van der Waals surface area contributed by atoms with Crippen molar-refractivity contribution in [1.29, 1.82) is 0 Å². The van der Waals surface area contributed by atoms with Crippen molar-refractivity contribution in [3.05, 3.63) is 35.5 Å². The van der Waals surface area contributed by atoms with E-state index in [1.165, 1.54) is 19.9 Å². The fourth-order valence-corrected chi connectivity index (χ4v) is 8.11. The van der Waals surface area contributed by atoms with Crippen LogP contribution in [0.5, 0.6) is 0 Å². The maximum atomic E-state index is 13.8. The second-order valence-electron chi connectivity index (χ2n) is 11.7. The summed E-state index contributed by atoms with van der Waals surface area (Å²) in [6, 6.07) is 0. The first kappa shape index (κ1) is 24.7. The molecule has 36 heavy (non-hydrogen) atoms. The zero-order valence-corrected chi connectivity index (χ0v) is 21.6. The van der Waals surface area contributed by atoms with Gasteiger partial charge in [0, 0.05) is 24.8 Å². The highest BCUT2D eigenvalue weighted by Gasteiger charge is 2.86. The fraction of sp³-hybridized carbons (Fsp3) is 0.630.